The number of ether oxygens (including phenoxy) is 2. The van der Waals surface area contributed by atoms with E-state index >= 15 is 0 Å². The first-order valence-corrected chi connectivity index (χ1v) is 12.1. The minimum Gasteiger partial charge on any atom is -0.492 e. The van der Waals surface area contributed by atoms with Crippen molar-refractivity contribution in [2.75, 3.05) is 32.8 Å². The molecule has 0 atom stereocenters. The molecule has 0 saturated carbocycles. The quantitative estimate of drug-likeness (QED) is 0.260. The fourth-order valence-electron chi connectivity index (χ4n) is 4.14. The zero-order chi connectivity index (χ0) is 24.7. The van der Waals surface area contributed by atoms with Crippen LogP contribution in [0.4, 0.5) is 0 Å². The van der Waals surface area contributed by atoms with E-state index in [2.05, 4.69) is 18.7 Å². The summed E-state index contributed by atoms with van der Waals surface area (Å²) in [6.07, 6.45) is 0.653. The van der Waals surface area contributed by atoms with Gasteiger partial charge >= 0.3 is 5.97 Å². The molecule has 0 radical (unpaired) electrons. The molecule has 0 aliphatic rings. The van der Waals surface area contributed by atoms with Gasteiger partial charge in [0.1, 0.15) is 30.1 Å². The third-order valence-electron chi connectivity index (χ3n) is 5.94. The van der Waals surface area contributed by atoms with Crippen LogP contribution in [0.3, 0.4) is 0 Å². The second-order valence-corrected chi connectivity index (χ2v) is 8.44. The van der Waals surface area contributed by atoms with Crippen LogP contribution in [0.2, 0.25) is 0 Å². The number of benzene rings is 2. The zero-order valence-electron chi connectivity index (χ0n) is 20.9. The van der Waals surface area contributed by atoms with Crippen LogP contribution in [0, 0.1) is 13.8 Å². The van der Waals surface area contributed by atoms with E-state index in [9.17, 15) is 9.59 Å². The lowest BCUT2D eigenvalue weighted by Gasteiger charge is -2.19. The third kappa shape index (κ3) is 5.86. The first-order valence-electron chi connectivity index (χ1n) is 12.1. The normalized spacial score (nSPS) is 11.2. The number of nitrogens with zero attached hydrogens (tertiary/aromatic N) is 1. The summed E-state index contributed by atoms with van der Waals surface area (Å²) in [4.78, 5) is 28.3. The highest BCUT2D eigenvalue weighted by Crippen LogP contribution is 2.31. The molecule has 0 unspecified atom stereocenters. The van der Waals surface area contributed by atoms with E-state index in [0.717, 1.165) is 42.9 Å². The Labute approximate surface area is 201 Å². The van der Waals surface area contributed by atoms with Gasteiger partial charge in [-0.2, -0.15) is 0 Å². The van der Waals surface area contributed by atoms with E-state index in [-0.39, 0.29) is 12.2 Å². The van der Waals surface area contributed by atoms with E-state index in [4.69, 9.17) is 13.9 Å². The highest BCUT2D eigenvalue weighted by Gasteiger charge is 2.25. The van der Waals surface area contributed by atoms with Gasteiger partial charge in [0.05, 0.1) is 12.2 Å². The summed E-state index contributed by atoms with van der Waals surface area (Å²) in [7, 11) is 0. The minimum atomic E-state index is -0.403. The highest BCUT2D eigenvalue weighted by atomic mass is 16.5. The van der Waals surface area contributed by atoms with Gasteiger partial charge in [0.2, 0.25) is 0 Å². The van der Waals surface area contributed by atoms with Crippen molar-refractivity contribution < 1.29 is 23.5 Å². The molecule has 3 rings (SSSR count). The molecule has 0 amide bonds. The lowest BCUT2D eigenvalue weighted by Crippen LogP contribution is -2.28. The number of rotatable bonds is 12. The molecule has 0 aliphatic carbocycles. The van der Waals surface area contributed by atoms with Crippen LogP contribution >= 0.6 is 0 Å². The van der Waals surface area contributed by atoms with Crippen molar-refractivity contribution in [3.05, 3.63) is 64.4 Å². The number of fused-ring (bicyclic) bond motifs is 1. The molecule has 6 heteroatoms. The van der Waals surface area contributed by atoms with Crippen LogP contribution in [-0.2, 0) is 16.0 Å². The van der Waals surface area contributed by atoms with E-state index in [0.29, 0.717) is 41.1 Å². The number of carbonyl (C=O) groups is 2. The molecule has 3 aromatic rings. The molecular weight excluding hydrogens is 430 g/mol. The van der Waals surface area contributed by atoms with Crippen molar-refractivity contribution in [1.82, 2.24) is 4.90 Å². The summed E-state index contributed by atoms with van der Waals surface area (Å²) >= 11 is 0. The molecule has 2 aromatic carbocycles. The van der Waals surface area contributed by atoms with Crippen molar-refractivity contribution in [2.45, 2.75) is 47.5 Å². The number of hydrogen-bond acceptors (Lipinski definition) is 6. The molecule has 0 aliphatic heterocycles. The molecule has 182 valence electrons. The van der Waals surface area contributed by atoms with Crippen LogP contribution < -0.4 is 4.74 Å². The van der Waals surface area contributed by atoms with Crippen LogP contribution in [0.25, 0.3) is 11.0 Å². The van der Waals surface area contributed by atoms with Gasteiger partial charge in [0.15, 0.2) is 5.78 Å². The molecule has 0 saturated heterocycles. The molecule has 0 N–H and O–H groups in total. The third-order valence-corrected chi connectivity index (χ3v) is 5.94. The summed E-state index contributed by atoms with van der Waals surface area (Å²) in [5.41, 5.74) is 3.34. The molecule has 1 aromatic heterocycles. The minimum absolute atomic E-state index is 0.0831. The smallest absolute Gasteiger partial charge is 0.313 e. The second-order valence-electron chi connectivity index (χ2n) is 8.44. The molecule has 0 fully saturated rings. The molecular formula is C28H35NO5. The maximum Gasteiger partial charge on any atom is 0.313 e. The summed E-state index contributed by atoms with van der Waals surface area (Å²) in [5, 5.41) is 0.695. The Morgan fingerprint density at radius 1 is 0.971 bits per heavy atom. The Hall–Kier alpha value is -3.12. The Morgan fingerprint density at radius 2 is 1.65 bits per heavy atom. The highest BCUT2D eigenvalue weighted by molar-refractivity contribution is 6.17. The van der Waals surface area contributed by atoms with E-state index in [1.807, 2.05) is 51.1 Å². The van der Waals surface area contributed by atoms with Gasteiger partial charge in [-0.25, -0.2) is 0 Å². The van der Waals surface area contributed by atoms with Gasteiger partial charge < -0.3 is 18.8 Å². The molecule has 34 heavy (non-hydrogen) atoms. The van der Waals surface area contributed by atoms with E-state index < -0.39 is 5.97 Å². The number of ketones is 1. The van der Waals surface area contributed by atoms with Gasteiger partial charge in [-0.3, -0.25) is 9.59 Å². The number of aryl methyl sites for hydroxylation is 2. The Balaban J connectivity index is 1.89. The fraction of sp³-hybridized carbons (Fsp3) is 0.429. The van der Waals surface area contributed by atoms with Crippen molar-refractivity contribution in [1.29, 1.82) is 0 Å². The number of para-hydroxylation sites is 1. The first-order chi connectivity index (χ1) is 16.4. The van der Waals surface area contributed by atoms with Crippen molar-refractivity contribution in [3.8, 4) is 5.75 Å². The number of furan rings is 1. The van der Waals surface area contributed by atoms with Crippen molar-refractivity contribution in [2.24, 2.45) is 0 Å². The molecule has 1 heterocycles. The van der Waals surface area contributed by atoms with Gasteiger partial charge in [-0.05, 0) is 62.7 Å². The lowest BCUT2D eigenvalue weighted by atomic mass is 9.96. The predicted molar refractivity (Wildman–Crippen MR) is 134 cm³/mol. The molecule has 0 spiro atoms. The average molecular weight is 466 g/mol. The standard InChI is InChI=1S/C28H35NO5/c1-6-14-32-25(30)18-24-26(22-11-9-10-12-23(22)34-24)27(31)21-16-19(4)28(20(5)17-21)33-15-13-29(7-2)8-3/h9-12,16-17H,6-8,13-15,18H2,1-5H3. The summed E-state index contributed by atoms with van der Waals surface area (Å²) < 4.78 is 17.2. The summed E-state index contributed by atoms with van der Waals surface area (Å²) in [6.45, 7) is 13.9. The van der Waals surface area contributed by atoms with Crippen LogP contribution in [0.5, 0.6) is 5.75 Å². The first kappa shape index (κ1) is 25.5. The number of hydrogen-bond donors (Lipinski definition) is 0. The van der Waals surface area contributed by atoms with Gasteiger partial charge in [-0.15, -0.1) is 0 Å². The van der Waals surface area contributed by atoms with Gasteiger partial charge in [-0.1, -0.05) is 39.0 Å². The zero-order valence-corrected chi connectivity index (χ0v) is 20.9. The molecule has 0 bridgehead atoms. The Bertz CT molecular complexity index is 1120. The van der Waals surface area contributed by atoms with Crippen LogP contribution in [0.15, 0.2) is 40.8 Å². The topological polar surface area (TPSA) is 69.0 Å². The predicted octanol–water partition coefficient (Wildman–Crippen LogP) is 5.50. The molecule has 6 nitrogen and oxygen atoms in total. The average Bonchev–Trinajstić information content (AvgIpc) is 3.18. The van der Waals surface area contributed by atoms with Crippen LogP contribution in [-0.4, -0.2) is 49.5 Å². The summed E-state index contributed by atoms with van der Waals surface area (Å²) in [5.74, 6) is 0.565. The maximum atomic E-state index is 13.7. The largest absolute Gasteiger partial charge is 0.492 e. The van der Waals surface area contributed by atoms with Crippen molar-refractivity contribution in [3.63, 3.8) is 0 Å². The number of esters is 1. The van der Waals surface area contributed by atoms with Crippen molar-refractivity contribution >= 4 is 22.7 Å². The second kappa shape index (κ2) is 11.8. The number of likely N-dealkylation sites (N-methyl/N-ethyl adjacent to an activating group) is 1. The Kier molecular flexibility index (Phi) is 8.88. The fourth-order valence-corrected chi connectivity index (χ4v) is 4.14. The summed E-state index contributed by atoms with van der Waals surface area (Å²) in [6, 6.07) is 11.1. The maximum absolute atomic E-state index is 13.7. The van der Waals surface area contributed by atoms with Gasteiger partial charge in [0, 0.05) is 17.5 Å². The lowest BCUT2D eigenvalue weighted by molar-refractivity contribution is -0.143. The SMILES string of the molecule is CCCOC(=O)Cc1oc2ccccc2c1C(=O)c1cc(C)c(OCCN(CC)CC)c(C)c1. The number of carbonyl (C=O) groups excluding carboxylic acids is 2. The van der Waals surface area contributed by atoms with Crippen LogP contribution in [0.1, 0.15) is 60.0 Å². The monoisotopic (exact) mass is 465 g/mol. The Morgan fingerprint density at radius 3 is 2.29 bits per heavy atom. The van der Waals surface area contributed by atoms with Gasteiger partial charge in [0.25, 0.3) is 0 Å². The van der Waals surface area contributed by atoms with E-state index in [1.54, 1.807) is 6.07 Å². The van der Waals surface area contributed by atoms with E-state index in [1.165, 1.54) is 0 Å².